The van der Waals surface area contributed by atoms with Crippen LogP contribution in [0.2, 0.25) is 0 Å². The molecular weight excluding hydrogens is 286 g/mol. The number of carbonyl (C=O) groups excluding carboxylic acids is 2. The van der Waals surface area contributed by atoms with Crippen molar-refractivity contribution >= 4 is 11.8 Å². The number of hydrogen-bond donors (Lipinski definition) is 3. The standard InChI is InChI=1S/C15H21N3O4/c1-22-12-4-2-10(3-5-12)7-17-14(20)9-18-8-11(19)6-13(18)15(16)21/h2-5,11,13,19H,6-9H2,1H3,(H2,16,21)(H,17,20)/t11-,13+/m1/s1. The fraction of sp³-hybridized carbons (Fsp3) is 0.467. The molecule has 120 valence electrons. The van der Waals surface area contributed by atoms with E-state index in [2.05, 4.69) is 5.32 Å². The van der Waals surface area contributed by atoms with E-state index in [1.165, 1.54) is 0 Å². The van der Waals surface area contributed by atoms with Gasteiger partial charge in [0.1, 0.15) is 5.75 Å². The first-order chi connectivity index (χ1) is 10.5. The van der Waals surface area contributed by atoms with Crippen molar-refractivity contribution in [2.24, 2.45) is 5.73 Å². The number of nitrogens with zero attached hydrogens (tertiary/aromatic N) is 1. The summed E-state index contributed by atoms with van der Waals surface area (Å²) in [6.07, 6.45) is -0.340. The lowest BCUT2D eigenvalue weighted by Crippen LogP contribution is -2.45. The largest absolute Gasteiger partial charge is 0.497 e. The third-order valence-corrected chi connectivity index (χ3v) is 3.71. The molecule has 7 nitrogen and oxygen atoms in total. The topological polar surface area (TPSA) is 105 Å². The lowest BCUT2D eigenvalue weighted by atomic mass is 10.2. The number of nitrogens with one attached hydrogen (secondary N) is 1. The lowest BCUT2D eigenvalue weighted by molar-refractivity contribution is -0.125. The van der Waals surface area contributed by atoms with E-state index in [1.54, 1.807) is 12.0 Å². The zero-order valence-corrected chi connectivity index (χ0v) is 12.5. The van der Waals surface area contributed by atoms with Crippen molar-refractivity contribution in [3.8, 4) is 5.75 Å². The highest BCUT2D eigenvalue weighted by molar-refractivity contribution is 5.82. The first-order valence-corrected chi connectivity index (χ1v) is 7.10. The molecule has 4 N–H and O–H groups in total. The van der Waals surface area contributed by atoms with Crippen LogP contribution in [0.5, 0.6) is 5.75 Å². The Morgan fingerprint density at radius 2 is 2.09 bits per heavy atom. The minimum absolute atomic E-state index is 0.0425. The maximum atomic E-state index is 12.0. The Labute approximate surface area is 129 Å². The van der Waals surface area contributed by atoms with Crippen LogP contribution in [-0.2, 0) is 16.1 Å². The van der Waals surface area contributed by atoms with E-state index >= 15 is 0 Å². The van der Waals surface area contributed by atoms with E-state index < -0.39 is 18.1 Å². The van der Waals surface area contributed by atoms with Crippen LogP contribution < -0.4 is 15.8 Å². The number of methoxy groups -OCH3 is 1. The molecule has 0 saturated carbocycles. The number of hydrogen-bond acceptors (Lipinski definition) is 5. The summed E-state index contributed by atoms with van der Waals surface area (Å²) in [5.41, 5.74) is 6.23. The highest BCUT2D eigenvalue weighted by Crippen LogP contribution is 2.17. The summed E-state index contributed by atoms with van der Waals surface area (Å²) in [4.78, 5) is 24.9. The van der Waals surface area contributed by atoms with Gasteiger partial charge in [-0.3, -0.25) is 14.5 Å². The molecule has 1 heterocycles. The molecule has 1 aliphatic heterocycles. The minimum Gasteiger partial charge on any atom is -0.497 e. The first-order valence-electron chi connectivity index (χ1n) is 7.10. The van der Waals surface area contributed by atoms with Crippen molar-refractivity contribution in [2.75, 3.05) is 20.2 Å². The Morgan fingerprint density at radius 1 is 1.41 bits per heavy atom. The van der Waals surface area contributed by atoms with Crippen LogP contribution in [0.3, 0.4) is 0 Å². The maximum Gasteiger partial charge on any atom is 0.234 e. The summed E-state index contributed by atoms with van der Waals surface area (Å²) in [7, 11) is 1.59. The summed E-state index contributed by atoms with van der Waals surface area (Å²) in [6, 6.07) is 6.79. The van der Waals surface area contributed by atoms with Crippen molar-refractivity contribution in [3.63, 3.8) is 0 Å². The number of aliphatic hydroxyl groups is 1. The Kier molecular flexibility index (Phi) is 5.35. The molecule has 0 bridgehead atoms. The zero-order valence-electron chi connectivity index (χ0n) is 12.5. The number of carbonyl (C=O) groups is 2. The van der Waals surface area contributed by atoms with Gasteiger partial charge in [0.05, 0.1) is 25.8 Å². The van der Waals surface area contributed by atoms with Gasteiger partial charge >= 0.3 is 0 Å². The molecule has 0 spiro atoms. The van der Waals surface area contributed by atoms with Crippen molar-refractivity contribution in [1.82, 2.24) is 10.2 Å². The molecule has 0 aliphatic carbocycles. The highest BCUT2D eigenvalue weighted by Gasteiger charge is 2.35. The fourth-order valence-electron chi connectivity index (χ4n) is 2.53. The number of primary amides is 1. The SMILES string of the molecule is COc1ccc(CNC(=O)CN2C[C@H](O)C[C@H]2C(N)=O)cc1. The molecule has 2 rings (SSSR count). The molecular formula is C15H21N3O4. The molecule has 2 atom stereocenters. The number of amides is 2. The number of rotatable bonds is 6. The molecule has 2 amide bonds. The van der Waals surface area contributed by atoms with Crippen LogP contribution >= 0.6 is 0 Å². The van der Waals surface area contributed by atoms with Crippen LogP contribution in [0, 0.1) is 0 Å². The average molecular weight is 307 g/mol. The third-order valence-electron chi connectivity index (χ3n) is 3.71. The van der Waals surface area contributed by atoms with E-state index in [4.69, 9.17) is 10.5 Å². The van der Waals surface area contributed by atoms with Crippen molar-refractivity contribution in [1.29, 1.82) is 0 Å². The summed E-state index contributed by atoms with van der Waals surface area (Å²) in [5, 5.41) is 12.4. The lowest BCUT2D eigenvalue weighted by Gasteiger charge is -2.20. The van der Waals surface area contributed by atoms with Gasteiger partial charge in [-0.1, -0.05) is 12.1 Å². The fourth-order valence-corrected chi connectivity index (χ4v) is 2.53. The van der Waals surface area contributed by atoms with Gasteiger partial charge in [-0.15, -0.1) is 0 Å². The predicted molar refractivity (Wildman–Crippen MR) is 80.0 cm³/mol. The first kappa shape index (κ1) is 16.3. The maximum absolute atomic E-state index is 12.0. The molecule has 0 unspecified atom stereocenters. The normalized spacial score (nSPS) is 21.5. The van der Waals surface area contributed by atoms with Crippen LogP contribution in [-0.4, -0.2) is 54.2 Å². The second-order valence-corrected chi connectivity index (χ2v) is 5.36. The second-order valence-electron chi connectivity index (χ2n) is 5.36. The van der Waals surface area contributed by atoms with Gasteiger partial charge in [-0.25, -0.2) is 0 Å². The van der Waals surface area contributed by atoms with E-state index in [0.29, 0.717) is 6.54 Å². The Bertz CT molecular complexity index is 532. The average Bonchev–Trinajstić information content (AvgIpc) is 2.86. The number of aliphatic hydroxyl groups excluding tert-OH is 1. The van der Waals surface area contributed by atoms with Crippen LogP contribution in [0.15, 0.2) is 24.3 Å². The molecule has 0 radical (unpaired) electrons. The van der Waals surface area contributed by atoms with Gasteiger partial charge in [0.2, 0.25) is 11.8 Å². The number of benzene rings is 1. The minimum atomic E-state index is -0.619. The number of nitrogens with two attached hydrogens (primary N) is 1. The molecule has 1 saturated heterocycles. The quantitative estimate of drug-likeness (QED) is 0.640. The summed E-state index contributed by atoms with van der Waals surface area (Å²) in [6.45, 7) is 0.713. The van der Waals surface area contributed by atoms with Gasteiger partial charge in [0, 0.05) is 13.1 Å². The van der Waals surface area contributed by atoms with Gasteiger partial charge in [-0.2, -0.15) is 0 Å². The number of β-amino-alcohol motifs (C(OH)–C–C–N with tert-alkyl or cyclic N) is 1. The van der Waals surface area contributed by atoms with Gasteiger partial charge < -0.3 is 20.9 Å². The summed E-state index contributed by atoms with van der Waals surface area (Å²) < 4.78 is 5.07. The van der Waals surface area contributed by atoms with Crippen LogP contribution in [0.1, 0.15) is 12.0 Å². The molecule has 22 heavy (non-hydrogen) atoms. The van der Waals surface area contributed by atoms with Crippen LogP contribution in [0.4, 0.5) is 0 Å². The van der Waals surface area contributed by atoms with Crippen molar-refractivity contribution in [2.45, 2.75) is 25.1 Å². The number of ether oxygens (including phenoxy) is 1. The molecule has 0 aromatic heterocycles. The van der Waals surface area contributed by atoms with Crippen molar-refractivity contribution < 1.29 is 19.4 Å². The zero-order chi connectivity index (χ0) is 16.1. The Balaban J connectivity index is 1.83. The van der Waals surface area contributed by atoms with E-state index in [0.717, 1.165) is 11.3 Å². The van der Waals surface area contributed by atoms with Gasteiger partial charge in [0.15, 0.2) is 0 Å². The number of likely N-dealkylation sites (tertiary alicyclic amines) is 1. The van der Waals surface area contributed by atoms with Crippen molar-refractivity contribution in [3.05, 3.63) is 29.8 Å². The Hall–Kier alpha value is -2.12. The predicted octanol–water partition coefficient (Wildman–Crippen LogP) is -0.768. The van der Waals surface area contributed by atoms with Gasteiger partial charge in [0.25, 0.3) is 0 Å². The molecule has 1 fully saturated rings. The van der Waals surface area contributed by atoms with Crippen LogP contribution in [0.25, 0.3) is 0 Å². The van der Waals surface area contributed by atoms with E-state index in [-0.39, 0.29) is 25.4 Å². The highest BCUT2D eigenvalue weighted by atomic mass is 16.5. The van der Waals surface area contributed by atoms with Gasteiger partial charge in [-0.05, 0) is 24.1 Å². The second kappa shape index (κ2) is 7.24. The van der Waals surface area contributed by atoms with E-state index in [9.17, 15) is 14.7 Å². The third kappa shape index (κ3) is 4.19. The monoisotopic (exact) mass is 307 g/mol. The smallest absolute Gasteiger partial charge is 0.234 e. The molecule has 7 heteroatoms. The molecule has 1 aromatic carbocycles. The summed E-state index contributed by atoms with van der Waals surface area (Å²) >= 11 is 0. The Morgan fingerprint density at radius 3 is 2.68 bits per heavy atom. The molecule has 1 aromatic rings. The summed E-state index contributed by atoms with van der Waals surface area (Å²) in [5.74, 6) is 0.0288. The molecule has 1 aliphatic rings. The van der Waals surface area contributed by atoms with E-state index in [1.807, 2.05) is 24.3 Å².